The molecule has 0 atom stereocenters. The Morgan fingerprint density at radius 3 is 0.700 bits per heavy atom. The van der Waals surface area contributed by atoms with Crippen LogP contribution < -0.4 is 21.3 Å². The van der Waals surface area contributed by atoms with Crippen molar-refractivity contribution >= 4 is 91.5 Å². The van der Waals surface area contributed by atoms with Gasteiger partial charge in [0.25, 0.3) is 0 Å². The Balaban J connectivity index is 1.38. The fourth-order valence-electron chi connectivity index (χ4n) is 8.88. The zero-order chi connectivity index (χ0) is 57.3. The molecule has 0 unspecified atom stereocenters. The van der Waals surface area contributed by atoms with Gasteiger partial charge in [-0.3, -0.25) is 19.2 Å². The molecule has 0 fully saturated rings. The smallest absolute Gasteiger partial charge is 0.232 e. The van der Waals surface area contributed by atoms with Crippen molar-refractivity contribution in [3.05, 3.63) is 191 Å². The van der Waals surface area contributed by atoms with E-state index in [9.17, 15) is 39.6 Å². The molecule has 0 saturated heterocycles. The van der Waals surface area contributed by atoms with Gasteiger partial charge >= 0.3 is 0 Å². The van der Waals surface area contributed by atoms with Crippen molar-refractivity contribution in [1.29, 1.82) is 0 Å². The second kappa shape index (κ2) is 22.1. The molecule has 16 nitrogen and oxygen atoms in total. The van der Waals surface area contributed by atoms with Crippen molar-refractivity contribution in [2.75, 3.05) is 47.7 Å². The Morgan fingerprint density at radius 1 is 0.325 bits per heavy atom. The number of aliphatic hydroxyl groups is 4. The van der Waals surface area contributed by atoms with Gasteiger partial charge in [-0.25, -0.2) is 20.0 Å². The van der Waals surface area contributed by atoms with Gasteiger partial charge in [0.1, 0.15) is 0 Å². The van der Waals surface area contributed by atoms with Crippen molar-refractivity contribution < 1.29 is 39.6 Å². The van der Waals surface area contributed by atoms with Crippen LogP contribution in [-0.4, -0.2) is 93.3 Å². The van der Waals surface area contributed by atoms with Crippen LogP contribution in [0.1, 0.15) is 77.6 Å². The molecule has 80 heavy (non-hydrogen) atoms. The molecule has 8 N–H and O–H groups in total. The number of amides is 4. The third-order valence-corrected chi connectivity index (χ3v) is 14.4. The van der Waals surface area contributed by atoms with Gasteiger partial charge in [0.05, 0.1) is 93.7 Å². The lowest BCUT2D eigenvalue weighted by molar-refractivity contribution is -0.126. The molecule has 4 aromatic carbocycles. The average molecular weight is 1070 g/mol. The van der Waals surface area contributed by atoms with E-state index in [4.69, 9.17) is 20.0 Å². The first-order valence-electron chi connectivity index (χ1n) is 26.2. The van der Waals surface area contributed by atoms with Gasteiger partial charge in [0.15, 0.2) is 0 Å². The van der Waals surface area contributed by atoms with Crippen LogP contribution >= 0.6 is 0 Å². The zero-order valence-electron chi connectivity index (χ0n) is 45.9. The lowest BCUT2D eigenvalue weighted by atomic mass is 9.92. The summed E-state index contributed by atoms with van der Waals surface area (Å²) in [6, 6.07) is 29.0. The molecule has 5 aliphatic rings. The third kappa shape index (κ3) is 11.0. The molecule has 16 heteroatoms. The molecule has 408 valence electrons. The van der Waals surface area contributed by atoms with Crippen molar-refractivity contribution in [2.45, 2.75) is 55.4 Å². The monoisotopic (exact) mass is 1070 g/mol. The summed E-state index contributed by atoms with van der Waals surface area (Å²) in [5.74, 6) is -1.68. The number of hydrogen-bond donors (Lipinski definition) is 8. The minimum atomic E-state index is -1.14. The highest BCUT2D eigenvalue weighted by atomic mass is 16.3. The molecule has 0 radical (unpaired) electrons. The predicted molar refractivity (Wildman–Crippen MR) is 318 cm³/mol. The number of hydrogen-bond acceptors (Lipinski definition) is 12. The summed E-state index contributed by atoms with van der Waals surface area (Å²) in [6.45, 7) is 11.5. The molecular formula is C64H64N8O8. The van der Waals surface area contributed by atoms with Crippen LogP contribution in [0.15, 0.2) is 188 Å². The summed E-state index contributed by atoms with van der Waals surface area (Å²) in [5.41, 5.74) is 5.03. The Bertz CT molecular complexity index is 3200. The number of aliphatic hydroxyl groups excluding tert-OH is 4. The number of fused-ring (bicyclic) bond motifs is 4. The van der Waals surface area contributed by atoms with Crippen molar-refractivity contribution in [3.63, 3.8) is 0 Å². The summed E-state index contributed by atoms with van der Waals surface area (Å²) >= 11 is 0. The van der Waals surface area contributed by atoms with Gasteiger partial charge in [-0.15, -0.1) is 0 Å². The molecule has 0 aliphatic carbocycles. The number of carbonyl (C=O) groups excluding carboxylic acids is 4. The highest BCUT2D eigenvalue weighted by molar-refractivity contribution is 6.41. The fourth-order valence-corrected chi connectivity index (χ4v) is 8.88. The maximum absolute atomic E-state index is 13.9. The molecule has 5 aliphatic heterocycles. The van der Waals surface area contributed by atoms with E-state index in [0.29, 0.717) is 113 Å². The molecule has 5 heterocycles. The Labute approximate surface area is 464 Å². The van der Waals surface area contributed by atoms with Crippen LogP contribution in [0.5, 0.6) is 0 Å². The van der Waals surface area contributed by atoms with E-state index >= 15 is 0 Å². The van der Waals surface area contributed by atoms with E-state index in [1.54, 1.807) is 104 Å². The Hall–Kier alpha value is -8.80. The van der Waals surface area contributed by atoms with Gasteiger partial charge < -0.3 is 41.7 Å². The number of rotatable bonds is 16. The van der Waals surface area contributed by atoms with E-state index in [-0.39, 0.29) is 0 Å². The van der Waals surface area contributed by atoms with Gasteiger partial charge in [0, 0.05) is 67.3 Å². The maximum atomic E-state index is 13.9. The molecule has 4 aromatic rings. The number of allylic oxidation sites excluding steroid dienone is 12. The van der Waals surface area contributed by atoms with Gasteiger partial charge in [0.2, 0.25) is 23.6 Å². The Morgan fingerprint density at radius 2 is 0.512 bits per heavy atom. The van der Waals surface area contributed by atoms with Crippen molar-refractivity contribution in [1.82, 2.24) is 0 Å². The summed E-state index contributed by atoms with van der Waals surface area (Å²) in [4.78, 5) is 77.1. The number of nitrogens with zero attached hydrogens (tertiary/aromatic N) is 4. The van der Waals surface area contributed by atoms with E-state index in [1.807, 2.05) is 97.1 Å². The first-order chi connectivity index (χ1) is 38.1. The molecular weight excluding hydrogens is 1010 g/mol. The molecule has 0 aromatic heterocycles. The van der Waals surface area contributed by atoms with Gasteiger partial charge in [-0.05, 0) is 128 Å². The number of anilines is 4. The summed E-state index contributed by atoms with van der Waals surface area (Å²) < 4.78 is 0. The van der Waals surface area contributed by atoms with Crippen molar-refractivity contribution in [2.24, 2.45) is 41.6 Å². The first kappa shape index (κ1) is 55.9. The van der Waals surface area contributed by atoms with Crippen molar-refractivity contribution in [3.8, 4) is 0 Å². The average Bonchev–Trinajstić information content (AvgIpc) is 4.32. The summed E-state index contributed by atoms with van der Waals surface area (Å²) in [6.07, 6.45) is 14.8. The molecule has 4 amide bonds. The number of aliphatic imine (C=N–C) groups is 4. The zero-order valence-corrected chi connectivity index (χ0v) is 45.9. The lowest BCUT2D eigenvalue weighted by Crippen LogP contribution is -2.34. The number of carbonyl (C=O) groups is 4. The summed E-state index contributed by atoms with van der Waals surface area (Å²) in [7, 11) is 0. The van der Waals surface area contributed by atoms with Gasteiger partial charge in [-0.1, -0.05) is 72.8 Å². The first-order valence-corrected chi connectivity index (χ1v) is 26.2. The maximum Gasteiger partial charge on any atom is 0.232 e. The topological polar surface area (TPSA) is 247 Å². The molecule has 9 rings (SSSR count). The van der Waals surface area contributed by atoms with Crippen LogP contribution in [0.25, 0.3) is 22.3 Å². The lowest BCUT2D eigenvalue weighted by Gasteiger charge is -2.23. The minimum Gasteiger partial charge on any atom is -0.395 e. The summed E-state index contributed by atoms with van der Waals surface area (Å²) in [5, 5.41) is 53.2. The SMILES string of the molecule is CC(C)(CO)C(=O)Nc1ccccc1C1=C2C=CC(=N2)C(c2ccccc2NC(=O)C(C)(C)CO)=C2C=CC(=N2)C(c2ccccc2NC(=O)C(C)(C)CO)=C2C=CC(=N2)C(c2ccccc2NC(=O)C(C)(C)CO)=C2C=CC1=N2. The minimum absolute atomic E-state index is 0.407. The largest absolute Gasteiger partial charge is 0.395 e. The van der Waals surface area contributed by atoms with Crippen LogP contribution in [0.4, 0.5) is 22.7 Å². The van der Waals surface area contributed by atoms with E-state index < -0.39 is 71.7 Å². The van der Waals surface area contributed by atoms with Crippen LogP contribution in [0, 0.1) is 21.7 Å². The standard InChI is InChI=1S/C64H64N8O8/c1-61(2,33-73)57(77)69-41-21-13-9-17-37(41)53-45-25-27-47(65-45)54(38-18-10-14-22-42(38)70-58(78)62(3,4)34-74)49-29-31-51(67-49)56(40-20-12-16-24-44(40)72-60(80)64(7,8)36-76)52-32-30-50(68-52)55(48-28-26-46(53)66-48)39-19-11-15-23-43(39)71-59(79)63(5,6)35-75/h9-32,73-76H,33-36H2,1-8H3,(H,69,77)(H,70,78)(H,71,79)(H,72,80). The Kier molecular flexibility index (Phi) is 15.5. The molecule has 8 bridgehead atoms. The highest BCUT2D eigenvalue weighted by Crippen LogP contribution is 2.43. The number of para-hydroxylation sites is 4. The van der Waals surface area contributed by atoms with E-state index in [2.05, 4.69) is 21.3 Å². The van der Waals surface area contributed by atoms with Crippen LogP contribution in [-0.2, 0) is 19.2 Å². The second-order valence-electron chi connectivity index (χ2n) is 22.5. The predicted octanol–water partition coefficient (Wildman–Crippen LogP) is 9.52. The van der Waals surface area contributed by atoms with Crippen LogP contribution in [0.3, 0.4) is 0 Å². The number of benzene rings is 4. The fraction of sp³-hybridized carbons (Fsp3) is 0.250. The third-order valence-electron chi connectivity index (χ3n) is 14.4. The molecule has 0 spiro atoms. The quantitative estimate of drug-likeness (QED) is 0.0536. The normalized spacial score (nSPS) is 16.1. The van der Waals surface area contributed by atoms with Crippen LogP contribution in [0.2, 0.25) is 0 Å². The van der Waals surface area contributed by atoms with E-state index in [0.717, 1.165) is 0 Å². The molecule has 0 saturated carbocycles. The highest BCUT2D eigenvalue weighted by Gasteiger charge is 2.35. The number of nitrogens with one attached hydrogen (secondary N) is 4. The second-order valence-corrected chi connectivity index (χ2v) is 22.5. The van der Waals surface area contributed by atoms with Gasteiger partial charge in [-0.2, -0.15) is 0 Å². The van der Waals surface area contributed by atoms with E-state index in [1.165, 1.54) is 0 Å².